The monoisotopic (exact) mass is 456 g/mol. The van der Waals surface area contributed by atoms with Crippen molar-refractivity contribution in [1.29, 1.82) is 0 Å². The van der Waals surface area contributed by atoms with Gasteiger partial charge in [-0.3, -0.25) is 4.79 Å². The maximum atomic E-state index is 12.9. The number of nitrogens with one attached hydrogen (secondary N) is 1. The molecule has 0 saturated carbocycles. The van der Waals surface area contributed by atoms with Gasteiger partial charge in [0, 0.05) is 36.0 Å². The van der Waals surface area contributed by atoms with Crippen LogP contribution in [0.1, 0.15) is 51.2 Å². The minimum Gasteiger partial charge on any atom is -0.487 e. The van der Waals surface area contributed by atoms with Crippen LogP contribution < -0.4 is 9.46 Å². The molecule has 0 unspecified atom stereocenters. The van der Waals surface area contributed by atoms with Crippen LogP contribution in [-0.2, 0) is 19.6 Å². The molecule has 1 aromatic rings. The maximum absolute atomic E-state index is 12.9. The topological polar surface area (TPSA) is 84.9 Å². The number of hydrogen-bond acceptors (Lipinski definition) is 5. The number of benzene rings is 1. The largest absolute Gasteiger partial charge is 0.487 e. The Hall–Kier alpha value is -1.35. The molecule has 0 bridgehead atoms. The van der Waals surface area contributed by atoms with E-state index in [1.165, 1.54) is 0 Å². The predicted molar refractivity (Wildman–Crippen MR) is 114 cm³/mol. The van der Waals surface area contributed by atoms with E-state index in [1.807, 2.05) is 23.1 Å². The molecule has 3 heterocycles. The Morgan fingerprint density at radius 3 is 2.87 bits per heavy atom. The molecule has 0 radical (unpaired) electrons. The lowest BCUT2D eigenvalue weighted by molar-refractivity contribution is -0.193. The number of sulfonamides is 1. The van der Waals surface area contributed by atoms with E-state index in [0.717, 1.165) is 36.8 Å². The Balaban J connectivity index is 1.54. The number of likely N-dealkylation sites (tertiary alicyclic amines) is 1. The second-order valence-corrected chi connectivity index (χ2v) is 11.3. The molecule has 2 fully saturated rings. The normalized spacial score (nSPS) is 29.9. The van der Waals surface area contributed by atoms with Crippen LogP contribution in [0.5, 0.6) is 5.75 Å². The lowest BCUT2D eigenvalue weighted by atomic mass is 9.72. The van der Waals surface area contributed by atoms with Gasteiger partial charge in [0.2, 0.25) is 15.9 Å². The van der Waals surface area contributed by atoms with E-state index in [1.54, 1.807) is 0 Å². The zero-order valence-corrected chi connectivity index (χ0v) is 19.1. The SMILES string of the molecule is CC1(C)Oc2ccc(Cl)cc2[C@@H]2O[C@@H]3CCCN(C(=O)CCNS(C)(=O)=O)[C@@H]3C[C@H]21. The summed E-state index contributed by atoms with van der Waals surface area (Å²) >= 11 is 6.25. The molecule has 3 aliphatic rings. The van der Waals surface area contributed by atoms with Crippen molar-refractivity contribution in [2.75, 3.05) is 19.3 Å². The summed E-state index contributed by atoms with van der Waals surface area (Å²) in [6, 6.07) is 5.62. The van der Waals surface area contributed by atoms with Gasteiger partial charge in [0.15, 0.2) is 0 Å². The summed E-state index contributed by atoms with van der Waals surface area (Å²) in [6.07, 6.45) is 3.61. The van der Waals surface area contributed by atoms with Gasteiger partial charge >= 0.3 is 0 Å². The third-order valence-electron chi connectivity index (χ3n) is 6.47. The van der Waals surface area contributed by atoms with E-state index in [4.69, 9.17) is 21.1 Å². The Morgan fingerprint density at radius 2 is 2.13 bits per heavy atom. The molecule has 0 spiro atoms. The fraction of sp³-hybridized carbons (Fsp3) is 0.667. The molecule has 4 atom stereocenters. The van der Waals surface area contributed by atoms with E-state index in [9.17, 15) is 13.2 Å². The van der Waals surface area contributed by atoms with Crippen molar-refractivity contribution in [2.24, 2.45) is 5.92 Å². The number of fused-ring (bicyclic) bond motifs is 4. The highest BCUT2D eigenvalue weighted by Crippen LogP contribution is 2.52. The van der Waals surface area contributed by atoms with Crippen molar-refractivity contribution in [3.63, 3.8) is 0 Å². The summed E-state index contributed by atoms with van der Waals surface area (Å²) in [5.41, 5.74) is 0.534. The summed E-state index contributed by atoms with van der Waals surface area (Å²) in [5, 5.41) is 0.653. The first kappa shape index (κ1) is 21.9. The summed E-state index contributed by atoms with van der Waals surface area (Å²) < 4.78 is 37.9. The van der Waals surface area contributed by atoms with Gasteiger partial charge < -0.3 is 14.4 Å². The van der Waals surface area contributed by atoms with Gasteiger partial charge in [-0.15, -0.1) is 0 Å². The number of piperidine rings is 1. The molecule has 4 rings (SSSR count). The van der Waals surface area contributed by atoms with Crippen LogP contribution in [0.3, 0.4) is 0 Å². The van der Waals surface area contributed by atoms with E-state index in [0.29, 0.717) is 11.6 Å². The Kier molecular flexibility index (Phi) is 5.81. The first-order valence-corrected chi connectivity index (χ1v) is 12.7. The summed E-state index contributed by atoms with van der Waals surface area (Å²) in [5.74, 6) is 0.841. The summed E-state index contributed by atoms with van der Waals surface area (Å²) in [7, 11) is -3.31. The maximum Gasteiger partial charge on any atom is 0.224 e. The van der Waals surface area contributed by atoms with Crippen molar-refractivity contribution in [2.45, 2.75) is 63.4 Å². The van der Waals surface area contributed by atoms with Gasteiger partial charge in [-0.05, 0) is 51.3 Å². The van der Waals surface area contributed by atoms with Crippen LogP contribution in [0.2, 0.25) is 5.02 Å². The number of amides is 1. The van der Waals surface area contributed by atoms with Crippen molar-refractivity contribution in [3.8, 4) is 5.75 Å². The van der Waals surface area contributed by atoms with E-state index < -0.39 is 15.6 Å². The average molecular weight is 457 g/mol. The van der Waals surface area contributed by atoms with Crippen molar-refractivity contribution >= 4 is 27.5 Å². The van der Waals surface area contributed by atoms with E-state index in [-0.39, 0.29) is 43.0 Å². The third kappa shape index (κ3) is 4.33. The lowest BCUT2D eigenvalue weighted by Gasteiger charge is -2.54. The second-order valence-electron chi connectivity index (χ2n) is 9.04. The molecule has 1 aromatic carbocycles. The smallest absolute Gasteiger partial charge is 0.224 e. The zero-order chi connectivity index (χ0) is 21.7. The quantitative estimate of drug-likeness (QED) is 0.753. The molecule has 0 aromatic heterocycles. The Bertz CT molecular complexity index is 935. The molecule has 9 heteroatoms. The summed E-state index contributed by atoms with van der Waals surface area (Å²) in [6.45, 7) is 4.91. The standard InChI is InChI=1S/C21H29ClN2O5S/c1-21(2)15-12-16-18(28-20(15)14-11-13(22)6-7-17(14)29-21)5-4-10-24(16)19(25)8-9-23-30(3,26)27/h6-7,11,15-16,18,20,23H,4-5,8-10,12H2,1-3H3/t15-,16-,18-,20+/m1/s1. The number of rotatable bonds is 4. The molecule has 1 amide bonds. The molecule has 2 saturated heterocycles. The lowest BCUT2D eigenvalue weighted by Crippen LogP contribution is -2.60. The molecule has 7 nitrogen and oxygen atoms in total. The van der Waals surface area contributed by atoms with Gasteiger partial charge in [-0.2, -0.15) is 0 Å². The molecular weight excluding hydrogens is 428 g/mol. The van der Waals surface area contributed by atoms with Crippen molar-refractivity contribution < 1.29 is 22.7 Å². The Morgan fingerprint density at radius 1 is 1.37 bits per heavy atom. The van der Waals surface area contributed by atoms with Crippen LogP contribution in [0.25, 0.3) is 0 Å². The van der Waals surface area contributed by atoms with E-state index in [2.05, 4.69) is 18.6 Å². The predicted octanol–water partition coefficient (Wildman–Crippen LogP) is 2.89. The first-order chi connectivity index (χ1) is 14.0. The minimum atomic E-state index is -3.31. The number of ether oxygens (including phenoxy) is 2. The van der Waals surface area contributed by atoms with Crippen LogP contribution in [-0.4, -0.2) is 56.3 Å². The number of hydrogen-bond donors (Lipinski definition) is 1. The fourth-order valence-corrected chi connectivity index (χ4v) is 5.71. The van der Waals surface area contributed by atoms with Crippen molar-refractivity contribution in [1.82, 2.24) is 9.62 Å². The van der Waals surface area contributed by atoms with Gasteiger partial charge in [-0.25, -0.2) is 13.1 Å². The summed E-state index contributed by atoms with van der Waals surface area (Å²) in [4.78, 5) is 14.8. The van der Waals surface area contributed by atoms with Crippen LogP contribution in [0, 0.1) is 5.92 Å². The van der Waals surface area contributed by atoms with Gasteiger partial charge in [0.25, 0.3) is 0 Å². The molecule has 3 aliphatic heterocycles. The molecule has 30 heavy (non-hydrogen) atoms. The fourth-order valence-electron chi connectivity index (χ4n) is 5.06. The number of halogens is 1. The van der Waals surface area contributed by atoms with Gasteiger partial charge in [-0.1, -0.05) is 11.6 Å². The molecule has 166 valence electrons. The van der Waals surface area contributed by atoms with Crippen LogP contribution >= 0.6 is 11.6 Å². The van der Waals surface area contributed by atoms with Gasteiger partial charge in [0.05, 0.1) is 24.5 Å². The molecular formula is C21H29ClN2O5S. The Labute approximate surface area is 183 Å². The average Bonchev–Trinajstić information content (AvgIpc) is 2.66. The number of carbonyl (C=O) groups is 1. The minimum absolute atomic E-state index is 0.0330. The highest BCUT2D eigenvalue weighted by atomic mass is 35.5. The molecule has 1 N–H and O–H groups in total. The zero-order valence-electron chi connectivity index (χ0n) is 17.6. The van der Waals surface area contributed by atoms with Crippen molar-refractivity contribution in [3.05, 3.63) is 28.8 Å². The van der Waals surface area contributed by atoms with Crippen LogP contribution in [0.4, 0.5) is 0 Å². The highest BCUT2D eigenvalue weighted by Gasteiger charge is 2.52. The second kappa shape index (κ2) is 7.97. The highest BCUT2D eigenvalue weighted by molar-refractivity contribution is 7.88. The molecule has 0 aliphatic carbocycles. The number of carbonyl (C=O) groups excluding carboxylic acids is 1. The van der Waals surface area contributed by atoms with Gasteiger partial charge in [0.1, 0.15) is 11.4 Å². The van der Waals surface area contributed by atoms with E-state index >= 15 is 0 Å². The first-order valence-electron chi connectivity index (χ1n) is 10.4. The third-order valence-corrected chi connectivity index (χ3v) is 7.43. The number of nitrogens with zero attached hydrogens (tertiary/aromatic N) is 1. The van der Waals surface area contributed by atoms with Crippen LogP contribution in [0.15, 0.2) is 18.2 Å².